The molecule has 0 saturated heterocycles. The maximum Gasteiger partial charge on any atom is 0.133 e. The number of halogens is 2. The van der Waals surface area contributed by atoms with E-state index in [1.54, 1.807) is 0 Å². The lowest BCUT2D eigenvalue weighted by Gasteiger charge is -2.10. The minimum Gasteiger partial charge on any atom is -0.492 e. The predicted molar refractivity (Wildman–Crippen MR) is 118 cm³/mol. The van der Waals surface area contributed by atoms with Crippen LogP contribution < -0.4 is 4.74 Å². The molecule has 1 nitrogen and oxygen atoms in total. The maximum atomic E-state index is 5.81. The normalized spacial score (nSPS) is 12.3. The molecule has 0 aliphatic heterocycles. The van der Waals surface area contributed by atoms with Gasteiger partial charge in [0.2, 0.25) is 0 Å². The Labute approximate surface area is 172 Å². The number of rotatable bonds is 16. The van der Waals surface area contributed by atoms with Gasteiger partial charge in [-0.2, -0.15) is 0 Å². The molecule has 25 heavy (non-hydrogen) atoms. The van der Waals surface area contributed by atoms with Crippen LogP contribution in [0.15, 0.2) is 28.7 Å². The van der Waals surface area contributed by atoms with E-state index in [1.807, 2.05) is 24.3 Å². The highest BCUT2D eigenvalue weighted by atomic mass is 79.9. The number of hydrogen-bond acceptors (Lipinski definition) is 1. The highest BCUT2D eigenvalue weighted by Gasteiger charge is 2.04. The molecule has 0 radical (unpaired) electrons. The fourth-order valence-corrected chi connectivity index (χ4v) is 4.08. The molecular formula is C22H36Br2O. The quantitative estimate of drug-likeness (QED) is 0.171. The van der Waals surface area contributed by atoms with Gasteiger partial charge in [0.15, 0.2) is 0 Å². The fraction of sp³-hybridized carbons (Fsp3) is 0.727. The summed E-state index contributed by atoms with van der Waals surface area (Å²) in [4.78, 5) is 0.722. The van der Waals surface area contributed by atoms with Crippen LogP contribution in [0.1, 0.15) is 90.4 Å². The van der Waals surface area contributed by atoms with Crippen molar-refractivity contribution in [2.45, 2.75) is 95.2 Å². The third-order valence-corrected chi connectivity index (χ3v) is 6.20. The molecule has 0 bridgehead atoms. The predicted octanol–water partition coefficient (Wildman–Crippen LogP) is 8.68. The van der Waals surface area contributed by atoms with Gasteiger partial charge in [-0.25, -0.2) is 0 Å². The minimum absolute atomic E-state index is 0.722. The number of alkyl halides is 1. The number of benzene rings is 1. The van der Waals surface area contributed by atoms with E-state index < -0.39 is 0 Å². The third-order valence-electron chi connectivity index (χ3n) is 4.63. The van der Waals surface area contributed by atoms with Crippen LogP contribution in [-0.4, -0.2) is 11.4 Å². The molecule has 1 atom stereocenters. The molecule has 0 N–H and O–H groups in total. The monoisotopic (exact) mass is 474 g/mol. The van der Waals surface area contributed by atoms with Gasteiger partial charge >= 0.3 is 0 Å². The zero-order valence-electron chi connectivity index (χ0n) is 16.0. The molecule has 0 amide bonds. The van der Waals surface area contributed by atoms with Crippen molar-refractivity contribution in [3.05, 3.63) is 28.7 Å². The van der Waals surface area contributed by atoms with Crippen LogP contribution in [0.3, 0.4) is 0 Å². The van der Waals surface area contributed by atoms with Crippen LogP contribution >= 0.6 is 31.9 Å². The van der Waals surface area contributed by atoms with Crippen molar-refractivity contribution in [2.24, 2.45) is 0 Å². The first-order valence-corrected chi connectivity index (χ1v) is 12.0. The zero-order valence-corrected chi connectivity index (χ0v) is 19.1. The Balaban J connectivity index is 1.86. The van der Waals surface area contributed by atoms with E-state index in [0.29, 0.717) is 0 Å². The first-order valence-electron chi connectivity index (χ1n) is 10.3. The maximum absolute atomic E-state index is 5.81. The summed E-state index contributed by atoms with van der Waals surface area (Å²) in [6.07, 6.45) is 17.6. The Hall–Kier alpha value is -0.0200. The lowest BCUT2D eigenvalue weighted by molar-refractivity contribution is 0.302. The summed E-state index contributed by atoms with van der Waals surface area (Å²) in [6, 6.07) is 8.07. The van der Waals surface area contributed by atoms with E-state index in [1.165, 1.54) is 77.0 Å². The van der Waals surface area contributed by atoms with Gasteiger partial charge < -0.3 is 4.74 Å². The van der Waals surface area contributed by atoms with Crippen LogP contribution in [0, 0.1) is 0 Å². The van der Waals surface area contributed by atoms with E-state index in [0.717, 1.165) is 28.1 Å². The summed E-state index contributed by atoms with van der Waals surface area (Å²) in [5, 5.41) is 0. The summed E-state index contributed by atoms with van der Waals surface area (Å²) < 4.78 is 6.85. The summed E-state index contributed by atoms with van der Waals surface area (Å²) in [7, 11) is 0. The summed E-state index contributed by atoms with van der Waals surface area (Å²) in [6.45, 7) is 3.10. The van der Waals surface area contributed by atoms with Crippen LogP contribution in [0.4, 0.5) is 0 Å². The van der Waals surface area contributed by atoms with Crippen LogP contribution in [0.2, 0.25) is 0 Å². The molecule has 0 spiro atoms. The molecule has 1 rings (SSSR count). The van der Waals surface area contributed by atoms with Crippen molar-refractivity contribution < 1.29 is 4.74 Å². The number of ether oxygens (including phenoxy) is 1. The number of unbranched alkanes of at least 4 members (excludes halogenated alkanes) is 9. The van der Waals surface area contributed by atoms with Crippen LogP contribution in [-0.2, 0) is 0 Å². The van der Waals surface area contributed by atoms with Crippen molar-refractivity contribution in [1.29, 1.82) is 0 Å². The molecule has 0 aliphatic carbocycles. The second-order valence-corrected chi connectivity index (χ2v) is 9.14. The summed E-state index contributed by atoms with van der Waals surface area (Å²) >= 11 is 7.38. The second-order valence-electron chi connectivity index (χ2n) is 6.99. The Morgan fingerprint density at radius 3 is 2.00 bits per heavy atom. The van der Waals surface area contributed by atoms with E-state index in [4.69, 9.17) is 4.74 Å². The average molecular weight is 476 g/mol. The fourth-order valence-electron chi connectivity index (χ4n) is 3.03. The Bertz CT molecular complexity index is 422. The van der Waals surface area contributed by atoms with Crippen molar-refractivity contribution >= 4 is 31.9 Å². The molecule has 1 aromatic rings. The molecule has 0 heterocycles. The summed E-state index contributed by atoms with van der Waals surface area (Å²) in [5.74, 6) is 0.956. The molecule has 144 valence electrons. The van der Waals surface area contributed by atoms with E-state index in [-0.39, 0.29) is 0 Å². The average Bonchev–Trinajstić information content (AvgIpc) is 2.61. The lowest BCUT2D eigenvalue weighted by atomic mass is 10.0. The van der Waals surface area contributed by atoms with E-state index in [2.05, 4.69) is 38.8 Å². The van der Waals surface area contributed by atoms with Crippen molar-refractivity contribution in [1.82, 2.24) is 0 Å². The number of hydrogen-bond donors (Lipinski definition) is 0. The van der Waals surface area contributed by atoms with Gasteiger partial charge in [0.05, 0.1) is 11.1 Å². The van der Waals surface area contributed by atoms with Gasteiger partial charge in [-0.15, -0.1) is 0 Å². The van der Waals surface area contributed by atoms with Crippen molar-refractivity contribution in [3.63, 3.8) is 0 Å². The topological polar surface area (TPSA) is 9.23 Å². The number of para-hydroxylation sites is 1. The lowest BCUT2D eigenvalue weighted by Crippen LogP contribution is -2.00. The highest BCUT2D eigenvalue weighted by molar-refractivity contribution is 9.10. The minimum atomic E-state index is 0.722. The van der Waals surface area contributed by atoms with Crippen molar-refractivity contribution in [2.75, 3.05) is 6.61 Å². The molecule has 1 unspecified atom stereocenters. The smallest absolute Gasteiger partial charge is 0.133 e. The molecule has 0 fully saturated rings. The van der Waals surface area contributed by atoms with Crippen LogP contribution in [0.5, 0.6) is 5.75 Å². The first kappa shape index (κ1) is 23.0. The van der Waals surface area contributed by atoms with Gasteiger partial charge in [-0.3, -0.25) is 0 Å². The third kappa shape index (κ3) is 12.9. The van der Waals surface area contributed by atoms with Gasteiger partial charge in [0.1, 0.15) is 5.75 Å². The molecule has 3 heteroatoms. The largest absolute Gasteiger partial charge is 0.492 e. The first-order chi connectivity index (χ1) is 12.2. The van der Waals surface area contributed by atoms with Gasteiger partial charge in [0, 0.05) is 4.83 Å². The Morgan fingerprint density at radius 1 is 0.800 bits per heavy atom. The molecule has 0 aromatic heterocycles. The van der Waals surface area contributed by atoms with Gasteiger partial charge in [-0.05, 0) is 47.3 Å². The van der Waals surface area contributed by atoms with E-state index >= 15 is 0 Å². The highest BCUT2D eigenvalue weighted by Crippen LogP contribution is 2.24. The Kier molecular flexibility index (Phi) is 14.9. The standard InChI is InChI=1S/C22H36Br2O/c1-2-3-4-5-6-7-10-15-20(23)16-11-8-9-14-19-25-22-18-13-12-17-21(22)24/h12-13,17-18,20H,2-11,14-16,19H2,1H3. The van der Waals surface area contributed by atoms with E-state index in [9.17, 15) is 0 Å². The van der Waals surface area contributed by atoms with Crippen LogP contribution in [0.25, 0.3) is 0 Å². The molecular weight excluding hydrogens is 440 g/mol. The molecule has 1 aromatic carbocycles. The molecule has 0 saturated carbocycles. The van der Waals surface area contributed by atoms with Gasteiger partial charge in [-0.1, -0.05) is 99.2 Å². The summed E-state index contributed by atoms with van der Waals surface area (Å²) in [5.41, 5.74) is 0. The van der Waals surface area contributed by atoms with Crippen molar-refractivity contribution in [3.8, 4) is 5.75 Å². The second kappa shape index (κ2) is 16.2. The Morgan fingerprint density at radius 2 is 1.36 bits per heavy atom. The molecule has 0 aliphatic rings. The zero-order chi connectivity index (χ0) is 18.2. The van der Waals surface area contributed by atoms with Gasteiger partial charge in [0.25, 0.3) is 0 Å². The SMILES string of the molecule is CCCCCCCCCC(Br)CCCCCCOc1ccccc1Br.